The number of hydrogen-bond acceptors (Lipinski definition) is 8. The van der Waals surface area contributed by atoms with Crippen LogP contribution in [0.3, 0.4) is 0 Å². The first-order valence-corrected chi connectivity index (χ1v) is 14.2. The normalized spacial score (nSPS) is 46.6. The predicted molar refractivity (Wildman–Crippen MR) is 110 cm³/mol. The molecule has 0 aromatic carbocycles. The summed E-state index contributed by atoms with van der Waals surface area (Å²) in [6, 6.07) is 0. The molecule has 4 saturated carbocycles. The third-order valence-corrected chi connectivity index (χ3v) is 10.8. The zero-order chi connectivity index (χ0) is 22.8. The molecule has 0 aliphatic heterocycles. The molecule has 4 rings (SSSR count). The van der Waals surface area contributed by atoms with Gasteiger partial charge in [-0.1, -0.05) is 13.8 Å². The van der Waals surface area contributed by atoms with Crippen LogP contribution in [0.2, 0.25) is 0 Å². The fourth-order valence-electron chi connectivity index (χ4n) is 8.54. The van der Waals surface area contributed by atoms with Gasteiger partial charge in [0.05, 0.1) is 12.2 Å². The molecule has 4 aliphatic carbocycles. The van der Waals surface area contributed by atoms with E-state index in [1.54, 1.807) is 6.92 Å². The van der Waals surface area contributed by atoms with Crippen molar-refractivity contribution >= 4 is 20.8 Å². The molecule has 0 aromatic heterocycles. The minimum Gasteiger partial charge on any atom is -0.726 e. The molecule has 0 spiro atoms. The Balaban J connectivity index is 1.50. The van der Waals surface area contributed by atoms with Crippen molar-refractivity contribution in [2.45, 2.75) is 90.8 Å². The lowest BCUT2D eigenvalue weighted by Gasteiger charge is -2.61. The maximum absolute atomic E-state index is 11.2. The van der Waals surface area contributed by atoms with Crippen LogP contribution in [0.25, 0.3) is 0 Å². The number of fused-ring (bicyclic) bond motifs is 5. The maximum atomic E-state index is 11.2. The van der Waals surface area contributed by atoms with Gasteiger partial charge in [0.2, 0.25) is 20.8 Å². The van der Waals surface area contributed by atoms with Crippen molar-refractivity contribution in [2.75, 3.05) is 0 Å². The summed E-state index contributed by atoms with van der Waals surface area (Å²) in [6.45, 7) is 6.30. The molecule has 10 heteroatoms. The fraction of sp³-hybridized carbons (Fsp3) is 1.00. The van der Waals surface area contributed by atoms with Crippen LogP contribution >= 0.6 is 0 Å². The molecule has 8 nitrogen and oxygen atoms in total. The van der Waals surface area contributed by atoms with Crippen LogP contribution in [0.5, 0.6) is 0 Å². The van der Waals surface area contributed by atoms with Crippen molar-refractivity contribution in [3.8, 4) is 0 Å². The van der Waals surface area contributed by atoms with Crippen molar-refractivity contribution in [3.63, 3.8) is 0 Å². The lowest BCUT2D eigenvalue weighted by Crippen LogP contribution is -2.54. The molecule has 180 valence electrons. The average Bonchev–Trinajstić information content (AvgIpc) is 2.97. The molecule has 0 bridgehead atoms. The summed E-state index contributed by atoms with van der Waals surface area (Å²) in [6.07, 6.45) is 6.94. The van der Waals surface area contributed by atoms with Crippen LogP contribution in [-0.4, -0.2) is 38.1 Å². The standard InChI is InChI=1S/C21H36O8S2/c1-13(28-30(22,23)24)17-6-7-18-16-5-4-14-12-15(29-31(25,26)27)8-10-20(14,2)19(16)9-11-21(17,18)3/h13-19H,4-12H2,1-3H3,(H,22,23,24)(H,25,26,27)/p-2/t13?,14?,15?,16-,17+,18-,19-,20-,21+/m0/s1. The topological polar surface area (TPSA) is 133 Å². The second-order valence-corrected chi connectivity index (χ2v) is 13.0. The van der Waals surface area contributed by atoms with Gasteiger partial charge < -0.3 is 9.11 Å². The van der Waals surface area contributed by atoms with Gasteiger partial charge in [-0.05, 0) is 105 Å². The van der Waals surface area contributed by atoms with E-state index in [1.807, 2.05) is 0 Å². The van der Waals surface area contributed by atoms with Crippen molar-refractivity contribution in [1.82, 2.24) is 0 Å². The van der Waals surface area contributed by atoms with Gasteiger partial charge >= 0.3 is 0 Å². The van der Waals surface area contributed by atoms with Crippen LogP contribution in [0, 0.1) is 40.4 Å². The van der Waals surface area contributed by atoms with E-state index in [4.69, 9.17) is 8.37 Å². The summed E-state index contributed by atoms with van der Waals surface area (Å²) in [5, 5.41) is 0. The summed E-state index contributed by atoms with van der Waals surface area (Å²) in [7, 11) is -9.40. The van der Waals surface area contributed by atoms with Crippen LogP contribution in [0.1, 0.15) is 78.6 Å². The summed E-state index contributed by atoms with van der Waals surface area (Å²) < 4.78 is 76.3. The van der Waals surface area contributed by atoms with Crippen molar-refractivity contribution in [3.05, 3.63) is 0 Å². The Labute approximate surface area is 186 Å². The van der Waals surface area contributed by atoms with E-state index in [-0.39, 0.29) is 16.7 Å². The Hall–Kier alpha value is -0.260. The molecule has 0 amide bonds. The second kappa shape index (κ2) is 7.91. The molecular weight excluding hydrogens is 444 g/mol. The minimum absolute atomic E-state index is 0.0363. The van der Waals surface area contributed by atoms with Gasteiger partial charge in [-0.2, -0.15) is 0 Å². The molecular formula is C21H34O8S2-2. The Morgan fingerprint density at radius 1 is 0.839 bits per heavy atom. The highest BCUT2D eigenvalue weighted by molar-refractivity contribution is 7.81. The number of rotatable bonds is 5. The Morgan fingerprint density at radius 3 is 2.13 bits per heavy atom. The van der Waals surface area contributed by atoms with Crippen LogP contribution in [-0.2, 0) is 29.2 Å². The maximum Gasteiger partial charge on any atom is 0.217 e. The first kappa shape index (κ1) is 23.9. The zero-order valence-electron chi connectivity index (χ0n) is 18.5. The average molecular weight is 479 g/mol. The molecule has 0 saturated heterocycles. The Bertz CT molecular complexity index is 902. The molecule has 0 aromatic rings. The molecule has 9 atom stereocenters. The molecule has 0 radical (unpaired) electrons. The van der Waals surface area contributed by atoms with E-state index in [0.717, 1.165) is 44.9 Å². The highest BCUT2D eigenvalue weighted by Crippen LogP contribution is 2.68. The monoisotopic (exact) mass is 478 g/mol. The lowest BCUT2D eigenvalue weighted by atomic mass is 9.44. The summed E-state index contributed by atoms with van der Waals surface area (Å²) >= 11 is 0. The molecule has 0 heterocycles. The van der Waals surface area contributed by atoms with Gasteiger partial charge in [-0.25, -0.2) is 16.8 Å². The molecule has 0 N–H and O–H groups in total. The Kier molecular flexibility index (Phi) is 6.09. The van der Waals surface area contributed by atoms with Gasteiger partial charge in [0.1, 0.15) is 0 Å². The van der Waals surface area contributed by atoms with Gasteiger partial charge in [-0.15, -0.1) is 0 Å². The predicted octanol–water partition coefficient (Wildman–Crippen LogP) is 3.36. The Morgan fingerprint density at radius 2 is 1.48 bits per heavy atom. The van der Waals surface area contributed by atoms with E-state index in [9.17, 15) is 25.9 Å². The van der Waals surface area contributed by atoms with Crippen LogP contribution in [0.15, 0.2) is 0 Å². The first-order valence-electron chi connectivity index (χ1n) is 11.5. The zero-order valence-corrected chi connectivity index (χ0v) is 20.1. The van der Waals surface area contributed by atoms with Gasteiger partial charge in [0, 0.05) is 0 Å². The summed E-state index contributed by atoms with van der Waals surface area (Å²) in [4.78, 5) is 0. The van der Waals surface area contributed by atoms with Crippen LogP contribution < -0.4 is 0 Å². The van der Waals surface area contributed by atoms with E-state index in [2.05, 4.69) is 13.8 Å². The second-order valence-electron chi connectivity index (χ2n) is 11.0. The molecule has 31 heavy (non-hydrogen) atoms. The molecule has 4 aliphatic rings. The van der Waals surface area contributed by atoms with Crippen molar-refractivity contribution in [1.29, 1.82) is 0 Å². The van der Waals surface area contributed by atoms with E-state index in [1.165, 1.54) is 0 Å². The minimum atomic E-state index is -4.72. The molecule has 3 unspecified atom stereocenters. The van der Waals surface area contributed by atoms with E-state index < -0.39 is 33.0 Å². The van der Waals surface area contributed by atoms with Gasteiger partial charge in [0.25, 0.3) is 0 Å². The highest BCUT2D eigenvalue weighted by atomic mass is 32.3. The largest absolute Gasteiger partial charge is 0.726 e. The fourth-order valence-corrected chi connectivity index (χ4v) is 9.55. The van der Waals surface area contributed by atoms with Gasteiger partial charge in [-0.3, -0.25) is 8.37 Å². The lowest BCUT2D eigenvalue weighted by molar-refractivity contribution is -0.129. The summed E-state index contributed by atoms with van der Waals surface area (Å²) in [5.41, 5.74) is 0.0702. The third-order valence-electron chi connectivity index (χ3n) is 9.78. The smallest absolute Gasteiger partial charge is 0.217 e. The third kappa shape index (κ3) is 4.45. The highest BCUT2D eigenvalue weighted by Gasteiger charge is 2.61. The molecule has 4 fully saturated rings. The van der Waals surface area contributed by atoms with E-state index in [0.29, 0.717) is 36.5 Å². The van der Waals surface area contributed by atoms with E-state index >= 15 is 0 Å². The summed E-state index contributed by atoms with van der Waals surface area (Å²) in [5.74, 6) is 1.96. The van der Waals surface area contributed by atoms with Gasteiger partial charge in [0.15, 0.2) is 0 Å². The van der Waals surface area contributed by atoms with Crippen molar-refractivity contribution in [2.24, 2.45) is 40.4 Å². The van der Waals surface area contributed by atoms with Crippen LogP contribution in [0.4, 0.5) is 0 Å². The SMILES string of the molecule is CC(OS(=O)(=O)[O-])[C@H]1CC[C@H]2[C@@H]3CCC4CC(OS(=O)(=O)[O-])CC[C@]4(C)[C@H]3CC[C@]12C. The number of hydrogen-bond donors (Lipinski definition) is 0. The van der Waals surface area contributed by atoms with Crippen molar-refractivity contribution < 1.29 is 34.3 Å². The first-order chi connectivity index (χ1) is 14.2. The quantitative estimate of drug-likeness (QED) is 0.434.